The third-order valence-electron chi connectivity index (χ3n) is 18.8. The molecule has 6 aromatic carbocycles. The molecule has 18 aromatic rings. The number of nitrogens with zero attached hydrogens (tertiary/aromatic N) is 18. The summed E-state index contributed by atoms with van der Waals surface area (Å²) in [7, 11) is 19.2. The smallest absolute Gasteiger partial charge is 0.154 e. The molecule has 0 radical (unpaired) electrons. The zero-order valence-electron chi connectivity index (χ0n) is 61.8. The summed E-state index contributed by atoms with van der Waals surface area (Å²) in [4.78, 5) is 54.2. The lowest BCUT2D eigenvalue weighted by molar-refractivity contribution is 0.0821. The largest absolute Gasteiger partial charge is 0.395 e. The highest BCUT2D eigenvalue weighted by molar-refractivity contribution is 6.11. The molecule has 0 bridgehead atoms. The predicted octanol–water partition coefficient (Wildman–Crippen LogP) is 12.5. The molecule has 0 spiro atoms. The first-order valence-electron chi connectivity index (χ1n) is 34.7. The molecule has 9 N–H and O–H groups in total. The number of pyridine rings is 6. The van der Waals surface area contributed by atoms with Crippen LogP contribution in [-0.4, -0.2) is 164 Å². The Morgan fingerprint density at radius 1 is 0.340 bits per heavy atom. The lowest BCUT2D eigenvalue weighted by atomic mass is 10.1. The minimum atomic E-state index is -0.808. The maximum atomic E-state index is 9.66. The predicted molar refractivity (Wildman–Crippen MR) is 431 cm³/mol. The summed E-state index contributed by atoms with van der Waals surface area (Å²) in [6.45, 7) is 8.86. The van der Waals surface area contributed by atoms with Crippen molar-refractivity contribution in [1.29, 1.82) is 0 Å². The van der Waals surface area contributed by atoms with E-state index in [9.17, 15) is 5.11 Å². The number of hydrogen-bond donors (Lipinski definition) is 9. The van der Waals surface area contributed by atoms with Crippen LogP contribution in [0, 0.1) is 27.7 Å². The fourth-order valence-electron chi connectivity index (χ4n) is 13.4. The van der Waals surface area contributed by atoms with Crippen LogP contribution in [0.2, 0.25) is 0 Å². The van der Waals surface area contributed by atoms with Crippen LogP contribution in [-0.2, 0) is 41.3 Å². The molecule has 0 saturated heterocycles. The number of anilines is 6. The van der Waals surface area contributed by atoms with Gasteiger partial charge in [0.25, 0.3) is 0 Å². The van der Waals surface area contributed by atoms with Gasteiger partial charge in [-0.3, -0.25) is 0 Å². The number of aliphatic hydroxyl groups excluding tert-OH is 3. The van der Waals surface area contributed by atoms with Gasteiger partial charge in [0.05, 0.1) is 117 Å². The molecule has 0 amide bonds. The first kappa shape index (κ1) is 71.7. The summed E-state index contributed by atoms with van der Waals surface area (Å²) in [6.07, 6.45) is 6.25. The Morgan fingerprint density at radius 3 is 1.03 bits per heavy atom. The molecule has 1 unspecified atom stereocenters. The normalized spacial score (nSPS) is 11.6. The SMILES string of the molecule is CNc1nc2ccc(C)cc2c2c1nc(C)n2C.CNc1nc2ccc(C)cc2c2c1ncn2C.CNc1nc2ccccc2c2c1nc(C)n2C.CNc1nc2ccccc2c2c1ncn2C.CNc1nc2ccccc2c2c1ncn2CC(O)CO.CNc1nc2ccccc2c2c1ncn2CCO. The lowest BCUT2D eigenvalue weighted by Crippen LogP contribution is -2.19. The van der Waals surface area contributed by atoms with E-state index in [-0.39, 0.29) is 13.2 Å². The van der Waals surface area contributed by atoms with Gasteiger partial charge in [0.15, 0.2) is 34.9 Å². The number of aryl methyl sites for hydroxylation is 8. The monoisotopic (exact) mass is 1420 g/mol. The van der Waals surface area contributed by atoms with Crippen LogP contribution in [0.4, 0.5) is 34.9 Å². The van der Waals surface area contributed by atoms with Gasteiger partial charge in [-0.05, 0) is 76.2 Å². The Labute approximate surface area is 610 Å². The highest BCUT2D eigenvalue weighted by Gasteiger charge is 2.20. The van der Waals surface area contributed by atoms with Crippen molar-refractivity contribution >= 4 is 167 Å². The van der Waals surface area contributed by atoms with Crippen molar-refractivity contribution in [3.8, 4) is 0 Å². The Bertz CT molecular complexity index is 6270. The fourth-order valence-corrected chi connectivity index (χ4v) is 13.4. The van der Waals surface area contributed by atoms with Crippen molar-refractivity contribution in [2.24, 2.45) is 28.2 Å². The molecular weight excluding hydrogens is 1330 g/mol. The third kappa shape index (κ3) is 13.6. The molecule has 0 saturated carbocycles. The van der Waals surface area contributed by atoms with E-state index in [0.717, 1.165) is 172 Å². The number of hydrogen-bond acceptors (Lipinski definition) is 21. The van der Waals surface area contributed by atoms with Gasteiger partial charge in [-0.25, -0.2) is 59.8 Å². The average Bonchev–Trinajstić information content (AvgIpc) is 1.69. The Kier molecular flexibility index (Phi) is 20.7. The maximum Gasteiger partial charge on any atom is 0.154 e. The number of fused-ring (bicyclic) bond motifs is 18. The van der Waals surface area contributed by atoms with Crippen molar-refractivity contribution in [1.82, 2.24) is 87.2 Å². The van der Waals surface area contributed by atoms with Gasteiger partial charge in [-0.15, -0.1) is 0 Å². The van der Waals surface area contributed by atoms with Crippen LogP contribution >= 0.6 is 0 Å². The van der Waals surface area contributed by atoms with E-state index in [4.69, 9.17) is 10.2 Å². The van der Waals surface area contributed by atoms with Crippen LogP contribution in [0.25, 0.3) is 132 Å². The average molecular weight is 1420 g/mol. The van der Waals surface area contributed by atoms with Crippen molar-refractivity contribution in [2.45, 2.75) is 46.9 Å². The molecular formula is C79H86N24O3. The molecule has 12 heterocycles. The highest BCUT2D eigenvalue weighted by atomic mass is 16.3. The second-order valence-corrected chi connectivity index (χ2v) is 25.6. The summed E-state index contributed by atoms with van der Waals surface area (Å²) in [5.41, 5.74) is 20.0. The van der Waals surface area contributed by atoms with Crippen LogP contribution in [0.3, 0.4) is 0 Å². The van der Waals surface area contributed by atoms with Gasteiger partial charge >= 0.3 is 0 Å². The minimum absolute atomic E-state index is 0.0942. The van der Waals surface area contributed by atoms with Crippen LogP contribution in [0.1, 0.15) is 22.8 Å². The molecule has 12 aromatic heterocycles. The number of imidazole rings is 6. The van der Waals surface area contributed by atoms with Crippen molar-refractivity contribution < 1.29 is 15.3 Å². The van der Waals surface area contributed by atoms with Crippen LogP contribution < -0.4 is 31.9 Å². The molecule has 1 atom stereocenters. The van der Waals surface area contributed by atoms with Crippen LogP contribution in [0.15, 0.2) is 159 Å². The van der Waals surface area contributed by atoms with Crippen LogP contribution in [0.5, 0.6) is 0 Å². The highest BCUT2D eigenvalue weighted by Crippen LogP contribution is 2.35. The lowest BCUT2D eigenvalue weighted by Gasteiger charge is -2.11. The molecule has 106 heavy (non-hydrogen) atoms. The van der Waals surface area contributed by atoms with Crippen molar-refractivity contribution in [2.75, 3.05) is 87.4 Å². The topological polar surface area (TPSA) is 317 Å². The quantitative estimate of drug-likeness (QED) is 0.0581. The van der Waals surface area contributed by atoms with E-state index in [2.05, 4.69) is 163 Å². The second kappa shape index (κ2) is 30.7. The summed E-state index contributed by atoms with van der Waals surface area (Å²) in [5, 5.41) is 53.0. The van der Waals surface area contributed by atoms with Crippen molar-refractivity contribution in [3.63, 3.8) is 0 Å². The second-order valence-electron chi connectivity index (χ2n) is 25.6. The molecule has 0 aliphatic heterocycles. The summed E-state index contributed by atoms with van der Waals surface area (Å²) in [5.74, 6) is 6.79. The molecule has 18 rings (SSSR count). The van der Waals surface area contributed by atoms with Gasteiger partial charge in [0, 0.05) is 109 Å². The van der Waals surface area contributed by atoms with Gasteiger partial charge in [0.2, 0.25) is 0 Å². The van der Waals surface area contributed by atoms with E-state index < -0.39 is 6.10 Å². The molecule has 0 aliphatic rings. The molecule has 0 aliphatic carbocycles. The number of aliphatic hydroxyl groups is 3. The summed E-state index contributed by atoms with van der Waals surface area (Å²) in [6, 6.07) is 44.6. The Balaban J connectivity index is 0.000000113. The van der Waals surface area contributed by atoms with E-state index in [1.807, 2.05) is 193 Å². The van der Waals surface area contributed by atoms with E-state index >= 15 is 0 Å². The number of benzene rings is 6. The van der Waals surface area contributed by atoms with E-state index in [1.165, 1.54) is 11.1 Å². The molecule has 27 nitrogen and oxygen atoms in total. The van der Waals surface area contributed by atoms with Gasteiger partial charge in [-0.1, -0.05) is 96.1 Å². The number of rotatable bonds is 11. The third-order valence-corrected chi connectivity index (χ3v) is 18.8. The first-order valence-corrected chi connectivity index (χ1v) is 34.7. The van der Waals surface area contributed by atoms with Crippen molar-refractivity contribution in [3.05, 3.63) is 182 Å². The van der Waals surface area contributed by atoms with Gasteiger partial charge in [0.1, 0.15) is 44.7 Å². The summed E-state index contributed by atoms with van der Waals surface area (Å²) < 4.78 is 12.1. The summed E-state index contributed by atoms with van der Waals surface area (Å²) >= 11 is 0. The van der Waals surface area contributed by atoms with Gasteiger partial charge in [-0.2, -0.15) is 0 Å². The Morgan fingerprint density at radius 2 is 0.642 bits per heavy atom. The fraction of sp³-hybridized carbons (Fsp3) is 0.241. The van der Waals surface area contributed by atoms with E-state index in [0.29, 0.717) is 18.9 Å². The first-order chi connectivity index (χ1) is 51.4. The number of aromatic nitrogens is 18. The molecule has 540 valence electrons. The van der Waals surface area contributed by atoms with E-state index in [1.54, 1.807) is 19.7 Å². The molecule has 0 fully saturated rings. The number of para-hydroxylation sites is 4. The maximum absolute atomic E-state index is 9.66. The number of nitrogens with one attached hydrogen (secondary N) is 6. The zero-order valence-corrected chi connectivity index (χ0v) is 61.8. The molecule has 27 heteroatoms. The Hall–Kier alpha value is -12.7. The minimum Gasteiger partial charge on any atom is -0.395 e. The zero-order chi connectivity index (χ0) is 74.6. The standard InChI is InChI=1S/C14H16N4O2.C14H16N4.C13H14N4O.2C13H14N4.C12H12N4/c1-15-14-12-13(10-4-2-3-5-11(10)17-14)18(8-16-12)6-9(20)7-19;1-8-5-6-11-10(7-8)13-12(14(15-3)17-11)16-9(2)18(13)4;1-14-13-11-12(17(6-7-18)8-15-11)9-4-2-3-5-10(9)16-13;1-8-4-5-10-9(6-8)12-11(13(14-2)16-10)15-7-17(12)3;1-8-15-11-12(17(8)3)9-6-4-5-7-10(9)16-13(11)14-2;1-13-12-10-11(16(2)7-14-10)8-5-3-4-6-9(8)15-12/h2-5,8-9,19-20H,6-7H2,1H3,(H,15,17);5-7H,1-4H3,(H,15,17);2-5,8,18H,6-7H2,1H3,(H,14,16);2*4-7H,1-3H3,(H,14,16);3-7H,1-2H3,(H,13,15). The van der Waals surface area contributed by atoms with Gasteiger partial charge < -0.3 is 74.6 Å².